The van der Waals surface area contributed by atoms with Crippen molar-refractivity contribution >= 4 is 23.1 Å². The van der Waals surface area contributed by atoms with Crippen molar-refractivity contribution in [3.05, 3.63) is 83.2 Å². The molecule has 0 unspecified atom stereocenters. The van der Waals surface area contributed by atoms with Crippen molar-refractivity contribution in [2.75, 3.05) is 12.9 Å². The molecule has 0 fully saturated rings. The summed E-state index contributed by atoms with van der Waals surface area (Å²) in [5.41, 5.74) is 4.10. The zero-order valence-corrected chi connectivity index (χ0v) is 18.5. The van der Waals surface area contributed by atoms with Gasteiger partial charge in [-0.15, -0.1) is 23.1 Å². The molecular formula is C25H20N2O2S2. The minimum Gasteiger partial charge on any atom is -0.508 e. The van der Waals surface area contributed by atoms with Crippen LogP contribution in [0.4, 0.5) is 0 Å². The Morgan fingerprint density at radius 2 is 1.90 bits per heavy atom. The molecule has 4 aromatic rings. The van der Waals surface area contributed by atoms with Crippen LogP contribution in [0.2, 0.25) is 0 Å². The van der Waals surface area contributed by atoms with E-state index in [0.717, 1.165) is 33.0 Å². The number of benzene rings is 2. The first kappa shape index (κ1) is 21.0. The SMILES string of the molecule is COc1ccc(-c2cc(-c3cccs3)nc(SCCc3ccccc3O)c2C#N)cc1. The molecule has 0 saturated carbocycles. The van der Waals surface area contributed by atoms with Gasteiger partial charge in [-0.2, -0.15) is 5.26 Å². The minimum absolute atomic E-state index is 0.294. The minimum atomic E-state index is 0.294. The molecule has 0 aliphatic rings. The molecule has 1 N–H and O–H groups in total. The van der Waals surface area contributed by atoms with E-state index in [2.05, 4.69) is 6.07 Å². The number of nitrogens with zero attached hydrogens (tertiary/aromatic N) is 2. The molecule has 0 spiro atoms. The van der Waals surface area contributed by atoms with Crippen molar-refractivity contribution in [2.24, 2.45) is 0 Å². The lowest BCUT2D eigenvalue weighted by molar-refractivity contribution is 0.415. The first-order chi connectivity index (χ1) is 15.2. The van der Waals surface area contributed by atoms with Gasteiger partial charge in [0.25, 0.3) is 0 Å². The first-order valence-electron chi connectivity index (χ1n) is 9.72. The number of para-hydroxylation sites is 1. The van der Waals surface area contributed by atoms with Gasteiger partial charge in [-0.3, -0.25) is 0 Å². The predicted octanol–water partition coefficient (Wildman–Crippen LogP) is 6.40. The van der Waals surface area contributed by atoms with Crippen LogP contribution in [0.15, 0.2) is 77.1 Å². The second-order valence-electron chi connectivity index (χ2n) is 6.78. The zero-order valence-electron chi connectivity index (χ0n) is 16.9. The van der Waals surface area contributed by atoms with Crippen molar-refractivity contribution in [3.63, 3.8) is 0 Å². The quantitative estimate of drug-likeness (QED) is 0.334. The molecular weight excluding hydrogens is 424 g/mol. The average molecular weight is 445 g/mol. The summed E-state index contributed by atoms with van der Waals surface area (Å²) >= 11 is 3.16. The number of aromatic hydroxyl groups is 1. The first-order valence-corrected chi connectivity index (χ1v) is 11.6. The Morgan fingerprint density at radius 3 is 2.58 bits per heavy atom. The summed E-state index contributed by atoms with van der Waals surface area (Å²) in [6.07, 6.45) is 0.686. The highest BCUT2D eigenvalue weighted by Gasteiger charge is 2.16. The van der Waals surface area contributed by atoms with Crippen molar-refractivity contribution in [2.45, 2.75) is 11.4 Å². The van der Waals surface area contributed by atoms with Gasteiger partial charge in [0.2, 0.25) is 0 Å². The van der Waals surface area contributed by atoms with Crippen LogP contribution in [-0.2, 0) is 6.42 Å². The summed E-state index contributed by atoms with van der Waals surface area (Å²) in [5, 5.41) is 22.7. The van der Waals surface area contributed by atoms with E-state index in [1.54, 1.807) is 24.5 Å². The summed E-state index contributed by atoms with van der Waals surface area (Å²) in [6, 6.07) is 23.4. The molecule has 154 valence electrons. The normalized spacial score (nSPS) is 10.6. The van der Waals surface area contributed by atoms with Crippen LogP contribution in [0.25, 0.3) is 21.7 Å². The van der Waals surface area contributed by atoms with E-state index in [-0.39, 0.29) is 0 Å². The molecule has 0 aliphatic carbocycles. The fourth-order valence-electron chi connectivity index (χ4n) is 3.26. The maximum absolute atomic E-state index is 10.0. The zero-order chi connectivity index (χ0) is 21.6. The summed E-state index contributed by atoms with van der Waals surface area (Å²) in [6.45, 7) is 0. The van der Waals surface area contributed by atoms with Gasteiger partial charge in [0.15, 0.2) is 0 Å². The van der Waals surface area contributed by atoms with Gasteiger partial charge >= 0.3 is 0 Å². The lowest BCUT2D eigenvalue weighted by atomic mass is 10.0. The molecule has 0 radical (unpaired) electrons. The van der Waals surface area contributed by atoms with Gasteiger partial charge in [0.1, 0.15) is 22.6 Å². The van der Waals surface area contributed by atoms with Crippen LogP contribution in [0.3, 0.4) is 0 Å². The van der Waals surface area contributed by atoms with Crippen molar-refractivity contribution in [1.29, 1.82) is 5.26 Å². The molecule has 2 heterocycles. The number of pyridine rings is 1. The monoisotopic (exact) mass is 444 g/mol. The second kappa shape index (κ2) is 9.69. The Labute approximate surface area is 189 Å². The van der Waals surface area contributed by atoms with Gasteiger partial charge in [-0.1, -0.05) is 36.4 Å². The van der Waals surface area contributed by atoms with Crippen molar-refractivity contribution in [1.82, 2.24) is 4.98 Å². The number of hydrogen-bond acceptors (Lipinski definition) is 6. The number of thiophene rings is 1. The standard InChI is InChI=1S/C25H20N2O2S2/c1-29-19-10-8-17(9-11-19)20-15-22(24-7-4-13-30-24)27-25(21(20)16-26)31-14-12-18-5-2-3-6-23(18)28/h2-11,13,15,28H,12,14H2,1H3. The Hall–Kier alpha value is -3.27. The summed E-state index contributed by atoms with van der Waals surface area (Å²) in [5.74, 6) is 1.77. The Bertz CT molecular complexity index is 1210. The number of methoxy groups -OCH3 is 1. The molecule has 2 aromatic carbocycles. The van der Waals surface area contributed by atoms with E-state index in [0.29, 0.717) is 28.5 Å². The molecule has 0 amide bonds. The number of thioether (sulfide) groups is 1. The number of phenolic OH excluding ortho intramolecular Hbond substituents is 1. The van der Waals surface area contributed by atoms with E-state index in [4.69, 9.17) is 9.72 Å². The van der Waals surface area contributed by atoms with Gasteiger partial charge in [-0.25, -0.2) is 4.98 Å². The molecule has 6 heteroatoms. The number of aromatic nitrogens is 1. The van der Waals surface area contributed by atoms with Crippen LogP contribution in [0.5, 0.6) is 11.5 Å². The highest BCUT2D eigenvalue weighted by molar-refractivity contribution is 7.99. The van der Waals surface area contributed by atoms with E-state index < -0.39 is 0 Å². The van der Waals surface area contributed by atoms with Crippen molar-refractivity contribution in [3.8, 4) is 39.3 Å². The number of hydrogen-bond donors (Lipinski definition) is 1. The molecule has 0 atom stereocenters. The van der Waals surface area contributed by atoms with Gasteiger partial charge in [0, 0.05) is 11.3 Å². The fourth-order valence-corrected chi connectivity index (χ4v) is 4.93. The molecule has 2 aromatic heterocycles. The summed E-state index contributed by atoms with van der Waals surface area (Å²) < 4.78 is 5.27. The molecule has 4 nitrogen and oxygen atoms in total. The summed E-state index contributed by atoms with van der Waals surface area (Å²) in [4.78, 5) is 5.88. The Morgan fingerprint density at radius 1 is 1.10 bits per heavy atom. The molecule has 0 saturated heterocycles. The second-order valence-corrected chi connectivity index (χ2v) is 8.81. The Kier molecular flexibility index (Phi) is 6.56. The topological polar surface area (TPSA) is 66.1 Å². The number of aryl methyl sites for hydroxylation is 1. The van der Waals surface area contributed by atoms with E-state index in [9.17, 15) is 10.4 Å². The lowest BCUT2D eigenvalue weighted by Crippen LogP contribution is -1.97. The van der Waals surface area contributed by atoms with Crippen LogP contribution >= 0.6 is 23.1 Å². The highest BCUT2D eigenvalue weighted by Crippen LogP contribution is 2.36. The summed E-state index contributed by atoms with van der Waals surface area (Å²) in [7, 11) is 1.64. The number of ether oxygens (including phenoxy) is 1. The molecule has 4 rings (SSSR count). The van der Waals surface area contributed by atoms with Crippen LogP contribution in [-0.4, -0.2) is 23.0 Å². The smallest absolute Gasteiger partial charge is 0.118 e. The Balaban J connectivity index is 1.71. The third kappa shape index (κ3) is 4.74. The number of nitriles is 1. The maximum Gasteiger partial charge on any atom is 0.118 e. The van der Waals surface area contributed by atoms with Gasteiger partial charge < -0.3 is 9.84 Å². The maximum atomic E-state index is 10.0. The van der Waals surface area contributed by atoms with Crippen LogP contribution in [0.1, 0.15) is 11.1 Å². The largest absolute Gasteiger partial charge is 0.508 e. The van der Waals surface area contributed by atoms with Gasteiger partial charge in [0.05, 0.1) is 23.2 Å². The van der Waals surface area contributed by atoms with Crippen LogP contribution in [0, 0.1) is 11.3 Å². The van der Waals surface area contributed by atoms with Gasteiger partial charge in [-0.05, 0) is 53.3 Å². The number of phenols is 1. The third-order valence-electron chi connectivity index (χ3n) is 4.87. The average Bonchev–Trinajstić information content (AvgIpc) is 3.35. The van der Waals surface area contributed by atoms with E-state index in [1.807, 2.05) is 66.0 Å². The molecule has 0 bridgehead atoms. The predicted molar refractivity (Wildman–Crippen MR) is 127 cm³/mol. The molecule has 31 heavy (non-hydrogen) atoms. The van der Waals surface area contributed by atoms with E-state index in [1.165, 1.54) is 11.8 Å². The highest BCUT2D eigenvalue weighted by atomic mass is 32.2. The van der Waals surface area contributed by atoms with Crippen LogP contribution < -0.4 is 4.74 Å². The van der Waals surface area contributed by atoms with Crippen molar-refractivity contribution < 1.29 is 9.84 Å². The third-order valence-corrected chi connectivity index (χ3v) is 6.74. The van der Waals surface area contributed by atoms with E-state index >= 15 is 0 Å². The number of rotatable bonds is 7. The fraction of sp³-hybridized carbons (Fsp3) is 0.120. The lowest BCUT2D eigenvalue weighted by Gasteiger charge is -2.12. The molecule has 0 aliphatic heterocycles.